The minimum absolute atomic E-state index is 0.470. The third-order valence-electron chi connectivity index (χ3n) is 6.59. The summed E-state index contributed by atoms with van der Waals surface area (Å²) in [5.74, 6) is -2.73. The lowest BCUT2D eigenvalue weighted by atomic mass is 10.1. The summed E-state index contributed by atoms with van der Waals surface area (Å²) in [4.78, 5) is 22.2. The standard InChI is InChI=1S/2C14H31N.C4H6O4/c2*1-4-5-6-7-8-9-10-11-12-13-14-15(2)3;5-3(6)1-2-4(7)8/h2*4-14H2,1-3H3;1-2H2,(H,5,6)(H,7,8). The lowest BCUT2D eigenvalue weighted by molar-refractivity contribution is -0.858. The third-order valence-corrected chi connectivity index (χ3v) is 6.59. The fourth-order valence-corrected chi connectivity index (χ4v) is 4.14. The zero-order valence-electron chi connectivity index (χ0n) is 26.6. The average Bonchev–Trinajstić information content (AvgIpc) is 2.85. The average molecular weight is 545 g/mol. The number of aliphatic carboxylic acids is 2. The van der Waals surface area contributed by atoms with Gasteiger partial charge in [0.15, 0.2) is 0 Å². The van der Waals surface area contributed by atoms with E-state index in [1.165, 1.54) is 142 Å². The maximum absolute atomic E-state index is 9.50. The van der Waals surface area contributed by atoms with Crippen molar-refractivity contribution in [1.29, 1.82) is 0 Å². The molecule has 0 amide bonds. The van der Waals surface area contributed by atoms with Crippen molar-refractivity contribution in [2.75, 3.05) is 41.3 Å². The van der Waals surface area contributed by atoms with Crippen molar-refractivity contribution in [3.8, 4) is 0 Å². The molecule has 0 aliphatic carbocycles. The Morgan fingerprint density at radius 1 is 0.421 bits per heavy atom. The maximum atomic E-state index is 9.50. The normalized spacial score (nSPS) is 10.6. The van der Waals surface area contributed by atoms with Crippen LogP contribution in [0.4, 0.5) is 0 Å². The molecule has 0 saturated carbocycles. The Morgan fingerprint density at radius 3 is 0.816 bits per heavy atom. The highest BCUT2D eigenvalue weighted by atomic mass is 16.4. The van der Waals surface area contributed by atoms with Gasteiger partial charge in [-0.05, 0) is 38.5 Å². The Balaban J connectivity index is -0.000000508. The second-order valence-electron chi connectivity index (χ2n) is 11.5. The van der Waals surface area contributed by atoms with Crippen LogP contribution in [-0.4, -0.2) is 53.2 Å². The summed E-state index contributed by atoms with van der Waals surface area (Å²) in [7, 11) is 8.98. The van der Waals surface area contributed by atoms with E-state index in [0.29, 0.717) is 0 Å². The number of carbonyl (C=O) groups is 2. The van der Waals surface area contributed by atoms with Crippen LogP contribution in [-0.2, 0) is 9.59 Å². The first-order valence-electron chi connectivity index (χ1n) is 16.1. The number of nitrogens with one attached hydrogen (secondary N) is 2. The summed E-state index contributed by atoms with van der Waals surface area (Å²) < 4.78 is 0. The largest absolute Gasteiger partial charge is 0.550 e. The summed E-state index contributed by atoms with van der Waals surface area (Å²) in [6.45, 7) is 7.26. The summed E-state index contributed by atoms with van der Waals surface area (Å²) in [6.07, 6.45) is 28.0. The molecule has 0 radical (unpaired) electrons. The van der Waals surface area contributed by atoms with E-state index in [1.807, 2.05) is 0 Å². The minimum Gasteiger partial charge on any atom is -0.550 e. The van der Waals surface area contributed by atoms with E-state index in [9.17, 15) is 19.8 Å². The van der Waals surface area contributed by atoms with E-state index in [-0.39, 0.29) is 0 Å². The molecular formula is C32H68N2O4. The van der Waals surface area contributed by atoms with Crippen LogP contribution in [0.15, 0.2) is 0 Å². The summed E-state index contributed by atoms with van der Waals surface area (Å²) in [6, 6.07) is 0. The quantitative estimate of drug-likeness (QED) is 0.173. The SMILES string of the molecule is CCCCCCCCCCCC[NH+](C)C.CCCCCCCCCCCC[NH+](C)C.O=C([O-])CCC(=O)[O-]. The lowest BCUT2D eigenvalue weighted by Crippen LogP contribution is -3.05. The van der Waals surface area contributed by atoms with Crippen molar-refractivity contribution in [2.24, 2.45) is 0 Å². The molecule has 0 heterocycles. The van der Waals surface area contributed by atoms with Gasteiger partial charge in [0.05, 0.1) is 41.3 Å². The first-order chi connectivity index (χ1) is 18.2. The molecule has 38 heavy (non-hydrogen) atoms. The Hall–Kier alpha value is -1.14. The number of hydrogen-bond acceptors (Lipinski definition) is 4. The van der Waals surface area contributed by atoms with Crippen LogP contribution < -0.4 is 20.0 Å². The van der Waals surface area contributed by atoms with Gasteiger partial charge in [-0.25, -0.2) is 0 Å². The van der Waals surface area contributed by atoms with Crippen LogP contribution in [0, 0.1) is 0 Å². The summed E-state index contributed by atoms with van der Waals surface area (Å²) >= 11 is 0. The molecule has 0 saturated heterocycles. The molecule has 0 fully saturated rings. The highest BCUT2D eigenvalue weighted by Gasteiger charge is 1.96. The van der Waals surface area contributed by atoms with E-state index in [0.717, 1.165) is 0 Å². The van der Waals surface area contributed by atoms with E-state index >= 15 is 0 Å². The van der Waals surface area contributed by atoms with E-state index in [4.69, 9.17) is 0 Å². The second kappa shape index (κ2) is 35.9. The van der Waals surface area contributed by atoms with Crippen LogP contribution in [0.1, 0.15) is 155 Å². The van der Waals surface area contributed by atoms with Crippen LogP contribution in [0.5, 0.6) is 0 Å². The van der Waals surface area contributed by atoms with Crippen LogP contribution in [0.3, 0.4) is 0 Å². The number of quaternary nitrogens is 2. The van der Waals surface area contributed by atoms with Gasteiger partial charge in [-0.2, -0.15) is 0 Å². The molecule has 6 nitrogen and oxygen atoms in total. The van der Waals surface area contributed by atoms with Crippen molar-refractivity contribution < 1.29 is 29.6 Å². The van der Waals surface area contributed by atoms with E-state index in [1.54, 1.807) is 9.80 Å². The fourth-order valence-electron chi connectivity index (χ4n) is 4.14. The molecule has 0 aliphatic heterocycles. The molecule has 0 aliphatic rings. The molecule has 0 bridgehead atoms. The number of carbonyl (C=O) groups excluding carboxylic acids is 2. The number of unbranched alkanes of at least 4 members (excludes halogenated alkanes) is 18. The molecule has 0 atom stereocenters. The molecular weight excluding hydrogens is 476 g/mol. The molecule has 0 aromatic carbocycles. The van der Waals surface area contributed by atoms with Gasteiger partial charge in [-0.3, -0.25) is 0 Å². The van der Waals surface area contributed by atoms with Crippen molar-refractivity contribution in [1.82, 2.24) is 0 Å². The zero-order valence-corrected chi connectivity index (χ0v) is 26.6. The minimum atomic E-state index is -1.37. The lowest BCUT2D eigenvalue weighted by Gasteiger charge is -2.06. The summed E-state index contributed by atoms with van der Waals surface area (Å²) in [5.41, 5.74) is 0. The van der Waals surface area contributed by atoms with E-state index in [2.05, 4.69) is 42.0 Å². The van der Waals surface area contributed by atoms with Crippen molar-refractivity contribution >= 4 is 11.9 Å². The van der Waals surface area contributed by atoms with Crippen LogP contribution >= 0.6 is 0 Å². The first kappa shape index (κ1) is 41.3. The monoisotopic (exact) mass is 545 g/mol. The smallest absolute Gasteiger partial charge is 0.0766 e. The Bertz CT molecular complexity index is 428. The van der Waals surface area contributed by atoms with Gasteiger partial charge < -0.3 is 29.6 Å². The number of carboxylic acid groups (broad SMARTS) is 2. The summed E-state index contributed by atoms with van der Waals surface area (Å²) in [5, 5.41) is 19.0. The highest BCUT2D eigenvalue weighted by molar-refractivity contribution is 5.72. The molecule has 0 aromatic heterocycles. The topological polar surface area (TPSA) is 89.1 Å². The highest BCUT2D eigenvalue weighted by Crippen LogP contribution is 2.10. The third kappa shape index (κ3) is 51.5. The number of hydrogen-bond donors (Lipinski definition) is 2. The predicted octanol–water partition coefficient (Wildman–Crippen LogP) is 3.37. The van der Waals surface area contributed by atoms with Crippen molar-refractivity contribution in [3.05, 3.63) is 0 Å². The number of rotatable bonds is 25. The van der Waals surface area contributed by atoms with Crippen molar-refractivity contribution in [3.63, 3.8) is 0 Å². The van der Waals surface area contributed by atoms with Gasteiger partial charge in [0.1, 0.15) is 0 Å². The van der Waals surface area contributed by atoms with Gasteiger partial charge in [-0.1, -0.05) is 117 Å². The van der Waals surface area contributed by atoms with Gasteiger partial charge >= 0.3 is 0 Å². The molecule has 0 spiro atoms. The Morgan fingerprint density at radius 2 is 0.632 bits per heavy atom. The molecule has 230 valence electrons. The van der Waals surface area contributed by atoms with Crippen LogP contribution in [0.2, 0.25) is 0 Å². The molecule has 0 rings (SSSR count). The fraction of sp³-hybridized carbons (Fsp3) is 0.938. The molecule has 2 N–H and O–H groups in total. The predicted molar refractivity (Wildman–Crippen MR) is 158 cm³/mol. The van der Waals surface area contributed by atoms with E-state index < -0.39 is 24.8 Å². The second-order valence-corrected chi connectivity index (χ2v) is 11.5. The first-order valence-corrected chi connectivity index (χ1v) is 16.1. The molecule has 6 heteroatoms. The molecule has 0 unspecified atom stereocenters. The van der Waals surface area contributed by atoms with Gasteiger partial charge in [0.25, 0.3) is 0 Å². The van der Waals surface area contributed by atoms with Gasteiger partial charge in [0.2, 0.25) is 0 Å². The van der Waals surface area contributed by atoms with Gasteiger partial charge in [-0.15, -0.1) is 0 Å². The van der Waals surface area contributed by atoms with Crippen LogP contribution in [0.25, 0.3) is 0 Å². The maximum Gasteiger partial charge on any atom is 0.0766 e. The van der Waals surface area contributed by atoms with Crippen molar-refractivity contribution in [2.45, 2.75) is 155 Å². The zero-order chi connectivity index (χ0) is 29.3. The van der Waals surface area contributed by atoms with Gasteiger partial charge in [0, 0.05) is 11.9 Å². The number of carboxylic acids is 2. The Labute approximate surface area is 237 Å². The Kier molecular flexibility index (Phi) is 39.0. The molecule has 0 aromatic rings.